The number of thioether (sulfide) groups is 1. The fourth-order valence-electron chi connectivity index (χ4n) is 1.93. The van der Waals surface area contributed by atoms with Crippen LogP contribution >= 0.6 is 24.0 Å². The van der Waals surface area contributed by atoms with Gasteiger partial charge in [0, 0.05) is 0 Å². The Morgan fingerprint density at radius 3 is 2.71 bits per heavy atom. The molecule has 0 aromatic heterocycles. The van der Waals surface area contributed by atoms with Crippen LogP contribution in [0.5, 0.6) is 0 Å². The van der Waals surface area contributed by atoms with E-state index in [2.05, 4.69) is 54.0 Å². The van der Waals surface area contributed by atoms with Gasteiger partial charge in [0.2, 0.25) is 0 Å². The minimum atomic E-state index is 0.352. The molecule has 1 aromatic rings. The Kier molecular flexibility index (Phi) is 4.42. The summed E-state index contributed by atoms with van der Waals surface area (Å²) < 4.78 is 1.02. The Morgan fingerprint density at radius 2 is 2.06 bits per heavy atom. The molecule has 2 nitrogen and oxygen atoms in total. The van der Waals surface area contributed by atoms with Crippen molar-refractivity contribution < 1.29 is 0 Å². The second-order valence-electron chi connectivity index (χ2n) is 4.22. The molecule has 1 unspecified atom stereocenters. The summed E-state index contributed by atoms with van der Waals surface area (Å²) in [7, 11) is 0. The molecule has 1 aliphatic rings. The van der Waals surface area contributed by atoms with Crippen molar-refractivity contribution in [2.45, 2.75) is 19.9 Å². The molecule has 4 heteroatoms. The molecule has 17 heavy (non-hydrogen) atoms. The van der Waals surface area contributed by atoms with Crippen LogP contribution in [0.2, 0.25) is 0 Å². The quantitative estimate of drug-likeness (QED) is 0.774. The van der Waals surface area contributed by atoms with E-state index in [0.717, 1.165) is 23.4 Å². The maximum absolute atomic E-state index is 5.47. The number of benzene rings is 1. The fourth-order valence-corrected chi connectivity index (χ4v) is 3.24. The van der Waals surface area contributed by atoms with Crippen molar-refractivity contribution in [2.75, 3.05) is 19.1 Å². The third-order valence-electron chi connectivity index (χ3n) is 3.15. The molecule has 1 heterocycles. The van der Waals surface area contributed by atoms with E-state index in [9.17, 15) is 0 Å². The lowest BCUT2D eigenvalue weighted by molar-refractivity contribution is 0.189. The van der Waals surface area contributed by atoms with Crippen LogP contribution in [0.15, 0.2) is 30.3 Å². The fraction of sp³-hybridized carbons (Fsp3) is 0.462. The van der Waals surface area contributed by atoms with Gasteiger partial charge < -0.3 is 4.90 Å². The van der Waals surface area contributed by atoms with Crippen LogP contribution < -0.4 is 0 Å². The zero-order valence-electron chi connectivity index (χ0n) is 10.3. The molecule has 1 aliphatic heterocycles. The normalized spacial score (nSPS) is 19.4. The van der Waals surface area contributed by atoms with Gasteiger partial charge >= 0.3 is 0 Å². The van der Waals surface area contributed by atoms with Gasteiger partial charge in [-0.05, 0) is 19.0 Å². The maximum atomic E-state index is 5.47. The lowest BCUT2D eigenvalue weighted by atomic mass is 10.1. The van der Waals surface area contributed by atoms with E-state index in [1.807, 2.05) is 0 Å². The standard InChI is InChI=1S/C13H18N2S2/c1-3-14-9-15(13(16)17-10-14)11(2)12-7-5-4-6-8-12/h4-8,11H,3,9-10H2,1-2H3. The zero-order valence-corrected chi connectivity index (χ0v) is 11.9. The molecular weight excluding hydrogens is 248 g/mol. The first-order valence-corrected chi connectivity index (χ1v) is 7.32. The average molecular weight is 266 g/mol. The molecule has 0 spiro atoms. The molecule has 0 radical (unpaired) electrons. The number of nitrogens with zero attached hydrogens (tertiary/aromatic N) is 2. The first-order valence-electron chi connectivity index (χ1n) is 5.93. The predicted octanol–water partition coefficient (Wildman–Crippen LogP) is 3.32. The summed E-state index contributed by atoms with van der Waals surface area (Å²) in [6.45, 7) is 6.44. The summed E-state index contributed by atoms with van der Waals surface area (Å²) in [5.74, 6) is 1.02. The third-order valence-corrected chi connectivity index (χ3v) is 4.72. The summed E-state index contributed by atoms with van der Waals surface area (Å²) >= 11 is 7.23. The molecule has 2 rings (SSSR count). The number of thiocarbonyl (C=S) groups is 1. The van der Waals surface area contributed by atoms with E-state index in [4.69, 9.17) is 12.2 Å². The minimum Gasteiger partial charge on any atom is -0.338 e. The third kappa shape index (κ3) is 3.00. The van der Waals surface area contributed by atoms with Gasteiger partial charge in [-0.25, -0.2) is 0 Å². The van der Waals surface area contributed by atoms with Crippen LogP contribution in [0.25, 0.3) is 0 Å². The minimum absolute atomic E-state index is 0.352. The Hall–Kier alpha value is -0.580. The first kappa shape index (κ1) is 12.9. The molecule has 0 amide bonds. The topological polar surface area (TPSA) is 6.48 Å². The molecule has 1 aromatic carbocycles. The monoisotopic (exact) mass is 266 g/mol. The molecule has 0 N–H and O–H groups in total. The summed E-state index contributed by atoms with van der Waals surface area (Å²) in [6, 6.07) is 10.9. The highest BCUT2D eigenvalue weighted by atomic mass is 32.2. The molecule has 1 fully saturated rings. The van der Waals surface area contributed by atoms with Crippen LogP contribution in [-0.2, 0) is 0 Å². The smallest absolute Gasteiger partial charge is 0.139 e. The van der Waals surface area contributed by atoms with E-state index >= 15 is 0 Å². The van der Waals surface area contributed by atoms with Gasteiger partial charge in [0.1, 0.15) is 4.32 Å². The molecular formula is C13H18N2S2. The Morgan fingerprint density at radius 1 is 1.35 bits per heavy atom. The Balaban J connectivity index is 2.12. The highest BCUT2D eigenvalue weighted by Gasteiger charge is 2.25. The number of hydrogen-bond donors (Lipinski definition) is 0. The first-order chi connectivity index (χ1) is 8.22. The van der Waals surface area contributed by atoms with Crippen LogP contribution in [0.1, 0.15) is 25.5 Å². The second kappa shape index (κ2) is 5.85. The van der Waals surface area contributed by atoms with E-state index < -0.39 is 0 Å². The van der Waals surface area contributed by atoms with Gasteiger partial charge in [0.15, 0.2) is 0 Å². The SMILES string of the molecule is CCN1CSC(=S)N(C(C)c2ccccc2)C1. The maximum Gasteiger partial charge on any atom is 0.139 e. The van der Waals surface area contributed by atoms with Crippen molar-refractivity contribution in [3.8, 4) is 0 Å². The van der Waals surface area contributed by atoms with Crippen molar-refractivity contribution in [1.82, 2.24) is 9.80 Å². The van der Waals surface area contributed by atoms with Crippen molar-refractivity contribution >= 4 is 28.3 Å². The summed E-state index contributed by atoms with van der Waals surface area (Å²) in [5.41, 5.74) is 1.33. The molecule has 1 atom stereocenters. The van der Waals surface area contributed by atoms with Gasteiger partial charge in [0.25, 0.3) is 0 Å². The largest absolute Gasteiger partial charge is 0.338 e. The Labute approximate surface area is 113 Å². The van der Waals surface area contributed by atoms with Crippen molar-refractivity contribution in [3.05, 3.63) is 35.9 Å². The Bertz CT molecular complexity index is 380. The molecule has 1 saturated heterocycles. The van der Waals surface area contributed by atoms with Crippen LogP contribution in [-0.4, -0.2) is 33.2 Å². The van der Waals surface area contributed by atoms with Crippen molar-refractivity contribution in [1.29, 1.82) is 0 Å². The molecule has 0 saturated carbocycles. The average Bonchev–Trinajstić information content (AvgIpc) is 2.39. The second-order valence-corrected chi connectivity index (χ2v) is 5.80. The predicted molar refractivity (Wildman–Crippen MR) is 79.0 cm³/mol. The van der Waals surface area contributed by atoms with Crippen LogP contribution in [0, 0.1) is 0 Å². The van der Waals surface area contributed by atoms with Crippen LogP contribution in [0.4, 0.5) is 0 Å². The van der Waals surface area contributed by atoms with E-state index in [-0.39, 0.29) is 0 Å². The zero-order chi connectivity index (χ0) is 12.3. The van der Waals surface area contributed by atoms with E-state index in [1.165, 1.54) is 5.56 Å². The van der Waals surface area contributed by atoms with Crippen molar-refractivity contribution in [2.24, 2.45) is 0 Å². The lowest BCUT2D eigenvalue weighted by Crippen LogP contribution is -2.45. The molecule has 92 valence electrons. The number of hydrogen-bond acceptors (Lipinski definition) is 3. The highest BCUT2D eigenvalue weighted by Crippen LogP contribution is 2.28. The van der Waals surface area contributed by atoms with Crippen LogP contribution in [0.3, 0.4) is 0 Å². The summed E-state index contributed by atoms with van der Waals surface area (Å²) in [4.78, 5) is 4.71. The highest BCUT2D eigenvalue weighted by molar-refractivity contribution is 8.22. The van der Waals surface area contributed by atoms with Crippen molar-refractivity contribution in [3.63, 3.8) is 0 Å². The van der Waals surface area contributed by atoms with E-state index in [1.54, 1.807) is 11.8 Å². The summed E-state index contributed by atoms with van der Waals surface area (Å²) in [6.07, 6.45) is 0. The van der Waals surface area contributed by atoms with Gasteiger partial charge in [-0.15, -0.1) is 0 Å². The number of rotatable bonds is 3. The van der Waals surface area contributed by atoms with Gasteiger partial charge in [-0.1, -0.05) is 61.2 Å². The lowest BCUT2D eigenvalue weighted by Gasteiger charge is -2.40. The van der Waals surface area contributed by atoms with E-state index in [0.29, 0.717) is 6.04 Å². The molecule has 0 bridgehead atoms. The van der Waals surface area contributed by atoms with Gasteiger partial charge in [0.05, 0.1) is 18.6 Å². The summed E-state index contributed by atoms with van der Waals surface area (Å²) in [5, 5.41) is 0. The molecule has 0 aliphatic carbocycles. The van der Waals surface area contributed by atoms with Gasteiger partial charge in [-0.2, -0.15) is 0 Å². The van der Waals surface area contributed by atoms with Gasteiger partial charge in [-0.3, -0.25) is 4.90 Å².